The molecule has 7 heteroatoms. The fourth-order valence-electron chi connectivity index (χ4n) is 1.35. The minimum absolute atomic E-state index is 0.0748. The molecule has 0 aliphatic rings. The predicted octanol–water partition coefficient (Wildman–Crippen LogP) is 2.20. The summed E-state index contributed by atoms with van der Waals surface area (Å²) < 4.78 is 0. The molecule has 0 aliphatic carbocycles. The zero-order valence-electron chi connectivity index (χ0n) is 10.1. The van der Waals surface area contributed by atoms with Crippen molar-refractivity contribution >= 4 is 33.7 Å². The molecule has 0 aliphatic heterocycles. The summed E-state index contributed by atoms with van der Waals surface area (Å²) in [4.78, 5) is 20.0. The average Bonchev–Trinajstić information content (AvgIpc) is 2.97. The number of aryl methyl sites for hydroxylation is 1. The molecule has 0 spiro atoms. The van der Waals surface area contributed by atoms with E-state index in [-0.39, 0.29) is 18.5 Å². The summed E-state index contributed by atoms with van der Waals surface area (Å²) in [6.07, 6.45) is 1.66. The van der Waals surface area contributed by atoms with E-state index in [1.807, 2.05) is 24.6 Å². The Morgan fingerprint density at radius 2 is 2.33 bits per heavy atom. The van der Waals surface area contributed by atoms with Crippen LogP contribution in [-0.4, -0.2) is 22.4 Å². The van der Waals surface area contributed by atoms with Crippen molar-refractivity contribution in [2.24, 2.45) is 0 Å². The summed E-state index contributed by atoms with van der Waals surface area (Å²) in [5.41, 5.74) is 1.01. The summed E-state index contributed by atoms with van der Waals surface area (Å²) in [5.74, 6) is -0.0925. The molecule has 0 bridgehead atoms. The Hall–Kier alpha value is -1.31. The second-order valence-electron chi connectivity index (χ2n) is 3.82. The summed E-state index contributed by atoms with van der Waals surface area (Å²) in [7, 11) is 0. The van der Waals surface area contributed by atoms with E-state index in [0.717, 1.165) is 10.7 Å². The Morgan fingerprint density at radius 3 is 2.94 bits per heavy atom. The van der Waals surface area contributed by atoms with Gasteiger partial charge in [0, 0.05) is 22.7 Å². The molecule has 2 heterocycles. The molecule has 0 saturated carbocycles. The Morgan fingerprint density at radius 1 is 1.50 bits per heavy atom. The lowest BCUT2D eigenvalue weighted by Crippen LogP contribution is -2.30. The zero-order chi connectivity index (χ0) is 13.0. The van der Waals surface area contributed by atoms with Gasteiger partial charge < -0.3 is 5.32 Å². The fraction of sp³-hybridized carbons (Fsp3) is 0.364. The first-order valence-corrected chi connectivity index (χ1v) is 7.26. The highest BCUT2D eigenvalue weighted by atomic mass is 32.1. The van der Waals surface area contributed by atoms with Gasteiger partial charge in [0.05, 0.1) is 12.6 Å². The molecule has 2 aromatic rings. The minimum Gasteiger partial charge on any atom is -0.301 e. The lowest BCUT2D eigenvalue weighted by molar-refractivity contribution is -0.115. The molecule has 96 valence electrons. The third-order valence-corrected chi connectivity index (χ3v) is 4.09. The maximum absolute atomic E-state index is 11.6. The predicted molar refractivity (Wildman–Crippen MR) is 74.0 cm³/mol. The van der Waals surface area contributed by atoms with Crippen LogP contribution in [0.2, 0.25) is 0 Å². The SMILES string of the molecule is Cc1csc([C@@H](C)NCC(=O)Nc2nccs2)n1. The van der Waals surface area contributed by atoms with Crippen molar-refractivity contribution in [1.29, 1.82) is 0 Å². The van der Waals surface area contributed by atoms with Crippen LogP contribution in [-0.2, 0) is 4.79 Å². The standard InChI is InChI=1S/C11H14N4OS2/c1-7-6-18-10(14-7)8(2)13-5-9(16)15-11-12-3-4-17-11/h3-4,6,8,13H,5H2,1-2H3,(H,12,15,16)/t8-/m1/s1. The van der Waals surface area contributed by atoms with E-state index in [1.165, 1.54) is 11.3 Å². The molecule has 0 fully saturated rings. The van der Waals surface area contributed by atoms with Gasteiger partial charge in [-0.1, -0.05) is 0 Å². The Bertz CT molecular complexity index is 509. The summed E-state index contributed by atoms with van der Waals surface area (Å²) in [5, 5.41) is 11.3. The molecule has 18 heavy (non-hydrogen) atoms. The van der Waals surface area contributed by atoms with Gasteiger partial charge in [-0.25, -0.2) is 9.97 Å². The number of thiazole rings is 2. The molecule has 0 saturated heterocycles. The van der Waals surface area contributed by atoms with Crippen LogP contribution in [0, 0.1) is 6.92 Å². The average molecular weight is 282 g/mol. The first kappa shape index (κ1) is 13.1. The van der Waals surface area contributed by atoms with Crippen molar-refractivity contribution in [2.75, 3.05) is 11.9 Å². The van der Waals surface area contributed by atoms with Crippen molar-refractivity contribution in [1.82, 2.24) is 15.3 Å². The number of aromatic nitrogens is 2. The summed E-state index contributed by atoms with van der Waals surface area (Å²) >= 11 is 3.00. The first-order chi connectivity index (χ1) is 8.65. The van der Waals surface area contributed by atoms with E-state index in [0.29, 0.717) is 5.13 Å². The van der Waals surface area contributed by atoms with Crippen LogP contribution in [0.3, 0.4) is 0 Å². The molecular formula is C11H14N4OS2. The van der Waals surface area contributed by atoms with Crippen molar-refractivity contribution in [3.05, 3.63) is 27.7 Å². The van der Waals surface area contributed by atoms with Gasteiger partial charge in [0.25, 0.3) is 0 Å². The second-order valence-corrected chi connectivity index (χ2v) is 5.60. The number of hydrogen-bond acceptors (Lipinski definition) is 6. The van der Waals surface area contributed by atoms with E-state index in [1.54, 1.807) is 17.5 Å². The maximum Gasteiger partial charge on any atom is 0.240 e. The normalized spacial score (nSPS) is 12.3. The Labute approximate surface area is 113 Å². The highest BCUT2D eigenvalue weighted by Crippen LogP contribution is 2.17. The van der Waals surface area contributed by atoms with E-state index < -0.39 is 0 Å². The minimum atomic E-state index is -0.0925. The van der Waals surface area contributed by atoms with Crippen LogP contribution in [0.5, 0.6) is 0 Å². The molecule has 0 unspecified atom stereocenters. The van der Waals surface area contributed by atoms with E-state index >= 15 is 0 Å². The lowest BCUT2D eigenvalue weighted by Gasteiger charge is -2.10. The Kier molecular flexibility index (Phi) is 4.40. The topological polar surface area (TPSA) is 66.9 Å². The number of nitrogens with one attached hydrogen (secondary N) is 2. The quantitative estimate of drug-likeness (QED) is 0.882. The monoisotopic (exact) mass is 282 g/mol. The highest BCUT2D eigenvalue weighted by Gasteiger charge is 2.11. The van der Waals surface area contributed by atoms with Crippen LogP contribution in [0.25, 0.3) is 0 Å². The number of amides is 1. The first-order valence-electron chi connectivity index (χ1n) is 5.50. The molecule has 2 rings (SSSR count). The van der Waals surface area contributed by atoms with E-state index in [9.17, 15) is 4.79 Å². The van der Waals surface area contributed by atoms with Crippen LogP contribution in [0.4, 0.5) is 5.13 Å². The van der Waals surface area contributed by atoms with Gasteiger partial charge in [0.1, 0.15) is 5.01 Å². The number of hydrogen-bond donors (Lipinski definition) is 2. The van der Waals surface area contributed by atoms with Gasteiger partial charge in [0.15, 0.2) is 5.13 Å². The van der Waals surface area contributed by atoms with Crippen molar-refractivity contribution < 1.29 is 4.79 Å². The zero-order valence-corrected chi connectivity index (χ0v) is 11.8. The molecule has 1 atom stereocenters. The Balaban J connectivity index is 1.79. The van der Waals surface area contributed by atoms with Gasteiger partial charge in [-0.05, 0) is 13.8 Å². The molecule has 0 radical (unpaired) electrons. The second kappa shape index (κ2) is 6.03. The summed E-state index contributed by atoms with van der Waals surface area (Å²) in [6.45, 7) is 4.20. The fourth-order valence-corrected chi connectivity index (χ4v) is 2.73. The molecule has 1 amide bonds. The number of carbonyl (C=O) groups excluding carboxylic acids is 1. The van der Waals surface area contributed by atoms with Crippen LogP contribution >= 0.6 is 22.7 Å². The number of anilines is 1. The van der Waals surface area contributed by atoms with Gasteiger partial charge >= 0.3 is 0 Å². The third kappa shape index (κ3) is 3.59. The van der Waals surface area contributed by atoms with Crippen LogP contribution in [0.15, 0.2) is 17.0 Å². The maximum atomic E-state index is 11.6. The van der Waals surface area contributed by atoms with E-state index in [2.05, 4.69) is 20.6 Å². The largest absolute Gasteiger partial charge is 0.301 e. The number of nitrogens with zero attached hydrogens (tertiary/aromatic N) is 2. The van der Waals surface area contributed by atoms with Gasteiger partial charge in [-0.15, -0.1) is 22.7 Å². The molecule has 2 N–H and O–H groups in total. The highest BCUT2D eigenvalue weighted by molar-refractivity contribution is 7.13. The van der Waals surface area contributed by atoms with Crippen LogP contribution in [0.1, 0.15) is 23.7 Å². The number of rotatable bonds is 5. The van der Waals surface area contributed by atoms with Crippen molar-refractivity contribution in [2.45, 2.75) is 19.9 Å². The molecular weight excluding hydrogens is 268 g/mol. The van der Waals surface area contributed by atoms with Crippen molar-refractivity contribution in [3.8, 4) is 0 Å². The molecule has 2 aromatic heterocycles. The number of carbonyl (C=O) groups is 1. The van der Waals surface area contributed by atoms with Gasteiger partial charge in [-0.3, -0.25) is 10.1 Å². The smallest absolute Gasteiger partial charge is 0.240 e. The van der Waals surface area contributed by atoms with Crippen LogP contribution < -0.4 is 10.6 Å². The summed E-state index contributed by atoms with van der Waals surface area (Å²) in [6, 6.07) is 0.0748. The van der Waals surface area contributed by atoms with Crippen molar-refractivity contribution in [3.63, 3.8) is 0 Å². The molecule has 5 nitrogen and oxygen atoms in total. The third-order valence-electron chi connectivity index (χ3n) is 2.25. The lowest BCUT2D eigenvalue weighted by atomic mass is 10.3. The van der Waals surface area contributed by atoms with E-state index in [4.69, 9.17) is 0 Å². The van der Waals surface area contributed by atoms with Gasteiger partial charge in [-0.2, -0.15) is 0 Å². The van der Waals surface area contributed by atoms with Gasteiger partial charge in [0.2, 0.25) is 5.91 Å². The molecule has 0 aromatic carbocycles.